The number of imidazole rings is 1. The van der Waals surface area contributed by atoms with Gasteiger partial charge in [-0.1, -0.05) is 0 Å². The first kappa shape index (κ1) is 12.1. The van der Waals surface area contributed by atoms with Gasteiger partial charge in [-0.2, -0.15) is 0 Å². The Kier molecular flexibility index (Phi) is 2.91. The molecule has 2 N–H and O–H groups in total. The Hall–Kier alpha value is -0.920. The van der Waals surface area contributed by atoms with E-state index in [4.69, 9.17) is 0 Å². The number of sulfonamides is 1. The molecule has 6 nitrogen and oxygen atoms in total. The third kappa shape index (κ3) is 2.17. The third-order valence-electron chi connectivity index (χ3n) is 3.93. The van der Waals surface area contributed by atoms with Crippen molar-refractivity contribution in [1.82, 2.24) is 19.6 Å². The van der Waals surface area contributed by atoms with Gasteiger partial charge in [-0.05, 0) is 38.8 Å². The van der Waals surface area contributed by atoms with Crippen LogP contribution in [0.25, 0.3) is 0 Å². The van der Waals surface area contributed by atoms with Crippen LogP contribution in [0.3, 0.4) is 0 Å². The molecule has 3 saturated heterocycles. The maximum Gasteiger partial charge on any atom is 0.257 e. The Balaban J connectivity index is 1.76. The van der Waals surface area contributed by atoms with E-state index in [1.807, 2.05) is 0 Å². The lowest BCUT2D eigenvalue weighted by molar-refractivity contribution is 0.0827. The number of aromatic amines is 1. The van der Waals surface area contributed by atoms with Crippen molar-refractivity contribution in [2.24, 2.45) is 5.92 Å². The van der Waals surface area contributed by atoms with Crippen LogP contribution in [0, 0.1) is 12.8 Å². The Morgan fingerprint density at radius 3 is 2.67 bits per heavy atom. The molecule has 3 aliphatic rings. The van der Waals surface area contributed by atoms with E-state index < -0.39 is 10.0 Å². The monoisotopic (exact) mass is 270 g/mol. The van der Waals surface area contributed by atoms with E-state index in [1.165, 1.54) is 6.20 Å². The fourth-order valence-corrected chi connectivity index (χ4v) is 4.16. The molecule has 7 heteroatoms. The molecule has 1 aromatic rings. The number of aryl methyl sites for hydroxylation is 1. The van der Waals surface area contributed by atoms with Crippen LogP contribution < -0.4 is 4.72 Å². The van der Waals surface area contributed by atoms with Crippen LogP contribution in [-0.4, -0.2) is 49.0 Å². The molecule has 4 rings (SSSR count). The third-order valence-corrected chi connectivity index (χ3v) is 5.33. The van der Waals surface area contributed by atoms with Crippen LogP contribution >= 0.6 is 0 Å². The maximum atomic E-state index is 12.2. The van der Waals surface area contributed by atoms with Crippen molar-refractivity contribution in [2.45, 2.75) is 30.8 Å². The molecule has 0 radical (unpaired) electrons. The van der Waals surface area contributed by atoms with Gasteiger partial charge in [0.05, 0.1) is 6.20 Å². The summed E-state index contributed by atoms with van der Waals surface area (Å²) in [6, 6.07) is 0.0427. The molecule has 0 saturated carbocycles. The lowest BCUT2D eigenvalue weighted by atomic mass is 9.85. The van der Waals surface area contributed by atoms with Gasteiger partial charge in [-0.25, -0.2) is 18.1 Å². The largest absolute Gasteiger partial charge is 0.332 e. The Bertz CT molecular complexity index is 531. The fraction of sp³-hybridized carbons (Fsp3) is 0.727. The van der Waals surface area contributed by atoms with Gasteiger partial charge >= 0.3 is 0 Å². The minimum Gasteiger partial charge on any atom is -0.332 e. The van der Waals surface area contributed by atoms with Crippen molar-refractivity contribution in [3.05, 3.63) is 12.0 Å². The molecule has 1 unspecified atom stereocenters. The summed E-state index contributed by atoms with van der Waals surface area (Å²) in [6.07, 6.45) is 3.56. The van der Waals surface area contributed by atoms with Crippen molar-refractivity contribution in [1.29, 1.82) is 0 Å². The first-order valence-corrected chi connectivity index (χ1v) is 7.79. The molecular formula is C11H18N4O2S. The summed E-state index contributed by atoms with van der Waals surface area (Å²) in [5.41, 5.74) is 0. The van der Waals surface area contributed by atoms with Gasteiger partial charge in [0.2, 0.25) is 0 Å². The topological polar surface area (TPSA) is 78.1 Å². The van der Waals surface area contributed by atoms with E-state index in [0.717, 1.165) is 32.5 Å². The minimum absolute atomic E-state index is 0.0427. The van der Waals surface area contributed by atoms with Gasteiger partial charge in [0.1, 0.15) is 5.82 Å². The summed E-state index contributed by atoms with van der Waals surface area (Å²) in [5.74, 6) is 1.10. The Morgan fingerprint density at radius 1 is 1.44 bits per heavy atom. The van der Waals surface area contributed by atoms with Gasteiger partial charge in [-0.15, -0.1) is 0 Å². The predicted octanol–water partition coefficient (Wildman–Crippen LogP) is 0.0906. The number of hydrogen-bond acceptors (Lipinski definition) is 4. The molecule has 3 aliphatic heterocycles. The van der Waals surface area contributed by atoms with Gasteiger partial charge < -0.3 is 9.88 Å². The predicted molar refractivity (Wildman–Crippen MR) is 66.6 cm³/mol. The highest BCUT2D eigenvalue weighted by Crippen LogP contribution is 2.28. The van der Waals surface area contributed by atoms with E-state index in [-0.39, 0.29) is 11.1 Å². The quantitative estimate of drug-likeness (QED) is 0.816. The molecule has 18 heavy (non-hydrogen) atoms. The Labute approximate surface area is 107 Å². The van der Waals surface area contributed by atoms with Crippen molar-refractivity contribution in [3.8, 4) is 0 Å². The van der Waals surface area contributed by atoms with Crippen molar-refractivity contribution in [3.63, 3.8) is 0 Å². The molecule has 100 valence electrons. The zero-order chi connectivity index (χ0) is 12.8. The maximum absolute atomic E-state index is 12.2. The van der Waals surface area contributed by atoms with Gasteiger partial charge in [0, 0.05) is 12.6 Å². The summed E-state index contributed by atoms with van der Waals surface area (Å²) in [5, 5.41) is 0.163. The van der Waals surface area contributed by atoms with Crippen molar-refractivity contribution < 1.29 is 8.42 Å². The highest BCUT2D eigenvalue weighted by Gasteiger charge is 2.36. The summed E-state index contributed by atoms with van der Waals surface area (Å²) in [4.78, 5) is 9.04. The molecule has 3 fully saturated rings. The number of hydrogen-bond donors (Lipinski definition) is 2. The van der Waals surface area contributed by atoms with Crippen LogP contribution in [0.15, 0.2) is 11.2 Å². The van der Waals surface area contributed by atoms with Crippen molar-refractivity contribution in [2.75, 3.05) is 19.6 Å². The number of rotatable bonds is 3. The highest BCUT2D eigenvalue weighted by atomic mass is 32.2. The average molecular weight is 270 g/mol. The summed E-state index contributed by atoms with van der Waals surface area (Å²) >= 11 is 0. The second-order valence-electron chi connectivity index (χ2n) is 5.20. The minimum atomic E-state index is -3.46. The van der Waals surface area contributed by atoms with Gasteiger partial charge in [-0.3, -0.25) is 0 Å². The van der Waals surface area contributed by atoms with Crippen molar-refractivity contribution >= 4 is 10.0 Å². The number of fused-ring (bicyclic) bond motifs is 3. The van der Waals surface area contributed by atoms with E-state index >= 15 is 0 Å². The first-order chi connectivity index (χ1) is 8.54. The lowest BCUT2D eigenvalue weighted by Crippen LogP contribution is -2.57. The molecule has 0 aromatic carbocycles. The Morgan fingerprint density at radius 2 is 2.17 bits per heavy atom. The molecular weight excluding hydrogens is 252 g/mol. The van der Waals surface area contributed by atoms with Crippen LogP contribution in [0.4, 0.5) is 0 Å². The van der Waals surface area contributed by atoms with Crippen LogP contribution in [0.5, 0.6) is 0 Å². The molecule has 2 bridgehead atoms. The zero-order valence-electron chi connectivity index (χ0n) is 10.4. The molecule has 0 amide bonds. The normalized spacial score (nSPS) is 31.7. The summed E-state index contributed by atoms with van der Waals surface area (Å²) in [6.45, 7) is 4.78. The summed E-state index contributed by atoms with van der Waals surface area (Å²) < 4.78 is 27.2. The van der Waals surface area contributed by atoms with Gasteiger partial charge in [0.15, 0.2) is 5.03 Å². The van der Waals surface area contributed by atoms with E-state index in [0.29, 0.717) is 11.7 Å². The SMILES string of the molecule is Cc1ncc(S(=O)(=O)NC2CN3CCC2CC3)[nH]1. The molecule has 1 atom stereocenters. The number of piperidine rings is 3. The number of nitrogens with zero attached hydrogens (tertiary/aromatic N) is 2. The number of nitrogens with one attached hydrogen (secondary N) is 2. The smallest absolute Gasteiger partial charge is 0.257 e. The fourth-order valence-electron chi connectivity index (χ4n) is 2.90. The molecule has 4 heterocycles. The first-order valence-electron chi connectivity index (χ1n) is 6.31. The second-order valence-corrected chi connectivity index (χ2v) is 6.88. The number of H-pyrrole nitrogens is 1. The number of aromatic nitrogens is 2. The zero-order valence-corrected chi connectivity index (χ0v) is 11.2. The second kappa shape index (κ2) is 4.32. The standard InChI is InChI=1S/C11H18N4O2S/c1-8-12-6-11(13-8)18(16,17)14-10-7-15-4-2-9(10)3-5-15/h6,9-10,14H,2-5,7H2,1H3,(H,12,13). The molecule has 0 spiro atoms. The van der Waals surface area contributed by atoms with E-state index in [2.05, 4.69) is 19.6 Å². The van der Waals surface area contributed by atoms with Crippen LogP contribution in [-0.2, 0) is 10.0 Å². The average Bonchev–Trinajstić information content (AvgIpc) is 2.78. The summed E-state index contributed by atoms with van der Waals surface area (Å²) in [7, 11) is -3.46. The van der Waals surface area contributed by atoms with E-state index in [1.54, 1.807) is 6.92 Å². The van der Waals surface area contributed by atoms with Crippen LogP contribution in [0.2, 0.25) is 0 Å². The van der Waals surface area contributed by atoms with E-state index in [9.17, 15) is 8.42 Å². The van der Waals surface area contributed by atoms with Gasteiger partial charge in [0.25, 0.3) is 10.0 Å². The molecule has 0 aliphatic carbocycles. The molecule has 1 aromatic heterocycles. The highest BCUT2D eigenvalue weighted by molar-refractivity contribution is 7.89. The van der Waals surface area contributed by atoms with Crippen LogP contribution in [0.1, 0.15) is 18.7 Å². The lowest BCUT2D eigenvalue weighted by Gasteiger charge is -2.44.